The van der Waals surface area contributed by atoms with Gasteiger partial charge in [0.2, 0.25) is 5.91 Å². The number of rotatable bonds is 3. The van der Waals surface area contributed by atoms with Crippen LogP contribution in [0.3, 0.4) is 0 Å². The zero-order chi connectivity index (χ0) is 23.6. The van der Waals surface area contributed by atoms with Gasteiger partial charge in [0, 0.05) is 32.1 Å². The highest BCUT2D eigenvalue weighted by Crippen LogP contribution is 2.30. The van der Waals surface area contributed by atoms with E-state index in [4.69, 9.17) is 14.2 Å². The molecule has 0 N–H and O–H groups in total. The molecule has 2 amide bonds. The maximum absolute atomic E-state index is 13.1. The largest absolute Gasteiger partial charge is 0.465 e. The number of hydrogen-bond acceptors (Lipinski definition) is 7. The normalized spacial score (nSPS) is 16.4. The number of nitrogens with zero attached hydrogens (tertiary/aromatic N) is 2. The molecular weight excluding hydrogens is 416 g/mol. The van der Waals surface area contributed by atoms with E-state index < -0.39 is 17.5 Å². The van der Waals surface area contributed by atoms with Crippen molar-refractivity contribution in [2.24, 2.45) is 5.92 Å². The Morgan fingerprint density at radius 2 is 1.31 bits per heavy atom. The number of likely N-dealkylation sites (tertiary alicyclic amines) is 1. The second-order valence-electron chi connectivity index (χ2n) is 9.09. The molecule has 9 nitrogen and oxygen atoms in total. The van der Waals surface area contributed by atoms with Gasteiger partial charge in [-0.2, -0.15) is 0 Å². The molecule has 2 aliphatic rings. The highest BCUT2D eigenvalue weighted by Gasteiger charge is 2.35. The minimum absolute atomic E-state index is 0.00396. The molecule has 1 saturated heterocycles. The summed E-state index contributed by atoms with van der Waals surface area (Å²) >= 11 is 0. The van der Waals surface area contributed by atoms with Crippen LogP contribution >= 0.6 is 0 Å². The van der Waals surface area contributed by atoms with Gasteiger partial charge < -0.3 is 24.0 Å². The number of benzene rings is 1. The Hall–Kier alpha value is -3.10. The van der Waals surface area contributed by atoms with E-state index in [2.05, 4.69) is 0 Å². The number of carbonyl (C=O) groups is 4. The number of ether oxygens (including phenoxy) is 3. The van der Waals surface area contributed by atoms with Gasteiger partial charge in [0.15, 0.2) is 0 Å². The predicted molar refractivity (Wildman–Crippen MR) is 114 cm³/mol. The van der Waals surface area contributed by atoms with Gasteiger partial charge in [-0.1, -0.05) is 0 Å². The van der Waals surface area contributed by atoms with E-state index in [1.54, 1.807) is 21.9 Å². The summed E-state index contributed by atoms with van der Waals surface area (Å²) in [5, 5.41) is 0. The van der Waals surface area contributed by atoms with Crippen molar-refractivity contribution in [1.29, 1.82) is 0 Å². The van der Waals surface area contributed by atoms with Crippen LogP contribution in [0.5, 0.6) is 0 Å². The molecular formula is C23H30N2O7. The quantitative estimate of drug-likeness (QED) is 0.520. The third kappa shape index (κ3) is 5.03. The lowest BCUT2D eigenvalue weighted by Crippen LogP contribution is -2.45. The number of fused-ring (bicyclic) bond motifs is 1. The predicted octanol–water partition coefficient (Wildman–Crippen LogP) is 2.75. The van der Waals surface area contributed by atoms with Crippen molar-refractivity contribution in [1.82, 2.24) is 9.80 Å². The first-order valence-corrected chi connectivity index (χ1v) is 10.6. The summed E-state index contributed by atoms with van der Waals surface area (Å²) in [6.45, 7) is 7.10. The van der Waals surface area contributed by atoms with Gasteiger partial charge >= 0.3 is 18.0 Å². The van der Waals surface area contributed by atoms with Gasteiger partial charge in [0.25, 0.3) is 0 Å². The summed E-state index contributed by atoms with van der Waals surface area (Å²) in [5.74, 6) is -1.45. The fourth-order valence-electron chi connectivity index (χ4n) is 4.06. The first kappa shape index (κ1) is 23.6. The lowest BCUT2D eigenvalue weighted by Gasteiger charge is -2.34. The average Bonchev–Trinajstić information content (AvgIpc) is 3.18. The summed E-state index contributed by atoms with van der Waals surface area (Å²) in [5.41, 5.74) is 1.29. The van der Waals surface area contributed by atoms with Crippen LogP contribution in [0.25, 0.3) is 0 Å². The summed E-state index contributed by atoms with van der Waals surface area (Å²) in [6, 6.07) is 3.21. The molecule has 0 aliphatic carbocycles. The van der Waals surface area contributed by atoms with Crippen LogP contribution in [0.4, 0.5) is 4.79 Å². The Kier molecular flexibility index (Phi) is 6.76. The van der Waals surface area contributed by atoms with Crippen molar-refractivity contribution in [3.8, 4) is 0 Å². The standard InChI is InChI=1S/C23H30N2O7/c1-23(2,3)32-22(29)24-8-6-14(7-9-24)19(26)25-12-15-10-17(20(27)30-4)18(21(28)31-5)11-16(15)13-25/h10-11,14H,6-9,12-13H2,1-5H3. The lowest BCUT2D eigenvalue weighted by molar-refractivity contribution is -0.137. The molecule has 0 aromatic heterocycles. The third-order valence-corrected chi connectivity index (χ3v) is 5.68. The second-order valence-corrected chi connectivity index (χ2v) is 9.09. The van der Waals surface area contributed by atoms with Crippen molar-refractivity contribution >= 4 is 23.9 Å². The molecule has 3 rings (SSSR count). The Morgan fingerprint density at radius 1 is 0.844 bits per heavy atom. The number of amides is 2. The Labute approximate surface area is 187 Å². The van der Waals surface area contributed by atoms with Crippen molar-refractivity contribution in [3.63, 3.8) is 0 Å². The van der Waals surface area contributed by atoms with Crippen LogP contribution in [0.1, 0.15) is 65.5 Å². The maximum atomic E-state index is 13.1. The molecule has 1 fully saturated rings. The van der Waals surface area contributed by atoms with Crippen molar-refractivity contribution in [3.05, 3.63) is 34.4 Å². The minimum atomic E-state index is -0.632. The van der Waals surface area contributed by atoms with Crippen LogP contribution in [0.2, 0.25) is 0 Å². The van der Waals surface area contributed by atoms with E-state index in [9.17, 15) is 19.2 Å². The maximum Gasteiger partial charge on any atom is 0.410 e. The molecule has 2 heterocycles. The van der Waals surface area contributed by atoms with Crippen LogP contribution in [-0.4, -0.2) is 66.6 Å². The molecule has 0 radical (unpaired) electrons. The number of hydrogen-bond donors (Lipinski definition) is 0. The minimum Gasteiger partial charge on any atom is -0.465 e. The smallest absolute Gasteiger partial charge is 0.410 e. The van der Waals surface area contributed by atoms with Gasteiger partial charge in [0.05, 0.1) is 25.3 Å². The highest BCUT2D eigenvalue weighted by molar-refractivity contribution is 6.03. The fraction of sp³-hybridized carbons (Fsp3) is 0.565. The monoisotopic (exact) mass is 446 g/mol. The van der Waals surface area contributed by atoms with Gasteiger partial charge in [0.1, 0.15) is 5.60 Å². The second kappa shape index (κ2) is 9.18. The number of esters is 2. The summed E-state index contributed by atoms with van der Waals surface area (Å²) < 4.78 is 15.0. The van der Waals surface area contributed by atoms with E-state index in [0.29, 0.717) is 39.0 Å². The van der Waals surface area contributed by atoms with E-state index >= 15 is 0 Å². The summed E-state index contributed by atoms with van der Waals surface area (Å²) in [4.78, 5) is 53.0. The van der Waals surface area contributed by atoms with Gasteiger partial charge in [-0.05, 0) is 56.9 Å². The van der Waals surface area contributed by atoms with Crippen LogP contribution in [-0.2, 0) is 32.1 Å². The topological polar surface area (TPSA) is 102 Å². The van der Waals surface area contributed by atoms with Crippen molar-refractivity contribution in [2.75, 3.05) is 27.3 Å². The number of piperidine rings is 1. The SMILES string of the molecule is COC(=O)c1cc2c(cc1C(=O)OC)CN(C(=O)C1CCN(C(=O)OC(C)(C)C)CC1)C2. The molecule has 2 aliphatic heterocycles. The van der Waals surface area contributed by atoms with E-state index in [0.717, 1.165) is 11.1 Å². The van der Waals surface area contributed by atoms with E-state index in [-0.39, 0.29) is 29.0 Å². The van der Waals surface area contributed by atoms with Crippen molar-refractivity contribution < 1.29 is 33.4 Å². The molecule has 0 unspecified atom stereocenters. The zero-order valence-electron chi connectivity index (χ0n) is 19.2. The highest BCUT2D eigenvalue weighted by atomic mass is 16.6. The molecule has 0 bridgehead atoms. The van der Waals surface area contributed by atoms with Crippen molar-refractivity contribution in [2.45, 2.75) is 52.3 Å². The van der Waals surface area contributed by atoms with Crippen LogP contribution in [0, 0.1) is 5.92 Å². The molecule has 174 valence electrons. The third-order valence-electron chi connectivity index (χ3n) is 5.68. The lowest BCUT2D eigenvalue weighted by atomic mass is 9.95. The zero-order valence-corrected chi connectivity index (χ0v) is 19.2. The Bertz CT molecular complexity index is 882. The molecule has 1 aromatic rings. The molecule has 0 atom stereocenters. The molecule has 1 aromatic carbocycles. The van der Waals surface area contributed by atoms with E-state index in [1.165, 1.54) is 14.2 Å². The summed E-state index contributed by atoms with van der Waals surface area (Å²) in [6.07, 6.45) is 0.764. The first-order valence-electron chi connectivity index (χ1n) is 10.6. The fourth-order valence-corrected chi connectivity index (χ4v) is 4.06. The number of methoxy groups -OCH3 is 2. The molecule has 0 spiro atoms. The molecule has 32 heavy (non-hydrogen) atoms. The van der Waals surface area contributed by atoms with Gasteiger partial charge in [-0.3, -0.25) is 4.79 Å². The van der Waals surface area contributed by atoms with E-state index in [1.807, 2.05) is 20.8 Å². The van der Waals surface area contributed by atoms with Gasteiger partial charge in [-0.25, -0.2) is 14.4 Å². The van der Waals surface area contributed by atoms with Crippen LogP contribution < -0.4 is 0 Å². The number of carbonyl (C=O) groups excluding carboxylic acids is 4. The Balaban J connectivity index is 1.67. The average molecular weight is 447 g/mol. The summed E-state index contributed by atoms with van der Waals surface area (Å²) in [7, 11) is 2.49. The first-order chi connectivity index (χ1) is 15.0. The van der Waals surface area contributed by atoms with Crippen LogP contribution in [0.15, 0.2) is 12.1 Å². The molecule has 0 saturated carbocycles. The van der Waals surface area contributed by atoms with Gasteiger partial charge in [-0.15, -0.1) is 0 Å². The Morgan fingerprint density at radius 3 is 1.72 bits per heavy atom. The molecule has 9 heteroatoms.